The molecule has 28 heavy (non-hydrogen) atoms. The molecule has 2 aromatic carbocycles. The lowest BCUT2D eigenvalue weighted by Crippen LogP contribution is -2.42. The minimum atomic E-state index is -1.11. The molecular formula is C21H20FNO5. The second kappa shape index (κ2) is 6.51. The Morgan fingerprint density at radius 1 is 1.21 bits per heavy atom. The third-order valence-electron chi connectivity index (χ3n) is 4.95. The van der Waals surface area contributed by atoms with Crippen molar-refractivity contribution in [3.63, 3.8) is 0 Å². The number of rotatable bonds is 4. The number of carboxylic acids is 1. The van der Waals surface area contributed by atoms with Crippen molar-refractivity contribution in [2.75, 3.05) is 13.1 Å². The first-order valence-electron chi connectivity index (χ1n) is 9.09. The van der Waals surface area contributed by atoms with Gasteiger partial charge in [0.1, 0.15) is 28.7 Å². The second-order valence-corrected chi connectivity index (χ2v) is 7.68. The minimum absolute atomic E-state index is 0.000956. The summed E-state index contributed by atoms with van der Waals surface area (Å²) >= 11 is 0. The van der Waals surface area contributed by atoms with Crippen LogP contribution in [0.5, 0.6) is 17.2 Å². The Labute approximate surface area is 161 Å². The monoisotopic (exact) mass is 385 g/mol. The van der Waals surface area contributed by atoms with E-state index in [9.17, 15) is 19.1 Å². The van der Waals surface area contributed by atoms with Crippen LogP contribution in [-0.4, -0.2) is 40.6 Å². The fraction of sp³-hybridized carbons (Fsp3) is 0.333. The van der Waals surface area contributed by atoms with E-state index in [-0.39, 0.29) is 22.8 Å². The summed E-state index contributed by atoms with van der Waals surface area (Å²) in [5.41, 5.74) is 0.268. The van der Waals surface area contributed by atoms with E-state index in [0.29, 0.717) is 31.0 Å². The van der Waals surface area contributed by atoms with Crippen molar-refractivity contribution in [2.24, 2.45) is 0 Å². The van der Waals surface area contributed by atoms with Gasteiger partial charge in [-0.1, -0.05) is 0 Å². The largest absolute Gasteiger partial charge is 0.487 e. The average molecular weight is 385 g/mol. The number of benzene rings is 2. The van der Waals surface area contributed by atoms with Crippen LogP contribution >= 0.6 is 0 Å². The van der Waals surface area contributed by atoms with E-state index < -0.39 is 17.4 Å². The van der Waals surface area contributed by atoms with Crippen molar-refractivity contribution in [1.29, 1.82) is 0 Å². The lowest BCUT2D eigenvalue weighted by atomic mass is 10.00. The lowest BCUT2D eigenvalue weighted by Gasteiger charge is -2.31. The van der Waals surface area contributed by atoms with Gasteiger partial charge in [-0.3, -0.25) is 4.79 Å². The molecular weight excluding hydrogens is 365 g/mol. The molecule has 1 fully saturated rings. The van der Waals surface area contributed by atoms with Gasteiger partial charge in [0.05, 0.1) is 11.1 Å². The average Bonchev–Trinajstić information content (AvgIpc) is 2.87. The second-order valence-electron chi connectivity index (χ2n) is 7.68. The molecule has 2 aliphatic rings. The van der Waals surface area contributed by atoms with Crippen molar-refractivity contribution in [2.45, 2.75) is 32.3 Å². The summed E-state index contributed by atoms with van der Waals surface area (Å²) in [5, 5.41) is 9.35. The molecule has 1 saturated heterocycles. The molecule has 0 saturated carbocycles. The molecule has 6 nitrogen and oxygen atoms in total. The first-order valence-corrected chi connectivity index (χ1v) is 9.09. The number of likely N-dealkylation sites (tertiary alicyclic amines) is 1. The zero-order chi connectivity index (χ0) is 20.1. The van der Waals surface area contributed by atoms with Gasteiger partial charge < -0.3 is 19.5 Å². The number of carbonyl (C=O) groups is 2. The van der Waals surface area contributed by atoms with Crippen molar-refractivity contribution in [3.05, 3.63) is 52.8 Å². The van der Waals surface area contributed by atoms with Crippen LogP contribution in [0.2, 0.25) is 0 Å². The molecule has 0 radical (unpaired) electrons. The highest BCUT2D eigenvalue weighted by atomic mass is 19.1. The molecule has 0 aromatic heterocycles. The molecule has 0 bridgehead atoms. The number of nitrogens with zero attached hydrogens (tertiary/aromatic N) is 1. The minimum Gasteiger partial charge on any atom is -0.487 e. The fourth-order valence-electron chi connectivity index (χ4n) is 3.41. The van der Waals surface area contributed by atoms with Crippen LogP contribution in [0.15, 0.2) is 30.3 Å². The highest BCUT2D eigenvalue weighted by Gasteiger charge is 2.34. The van der Waals surface area contributed by atoms with Gasteiger partial charge >= 0.3 is 5.97 Å². The van der Waals surface area contributed by atoms with Crippen LogP contribution < -0.4 is 9.47 Å². The summed E-state index contributed by atoms with van der Waals surface area (Å²) in [4.78, 5) is 25.2. The van der Waals surface area contributed by atoms with E-state index in [0.717, 1.165) is 18.1 Å². The summed E-state index contributed by atoms with van der Waals surface area (Å²) in [6.45, 7) is 5.07. The van der Waals surface area contributed by atoms with E-state index in [1.54, 1.807) is 4.90 Å². The number of hydrogen-bond donors (Lipinski definition) is 1. The van der Waals surface area contributed by atoms with Crippen LogP contribution in [0.4, 0.5) is 4.39 Å². The van der Waals surface area contributed by atoms with Gasteiger partial charge in [0, 0.05) is 31.1 Å². The number of halogens is 1. The fourth-order valence-corrected chi connectivity index (χ4v) is 3.41. The van der Waals surface area contributed by atoms with Gasteiger partial charge in [0.15, 0.2) is 0 Å². The van der Waals surface area contributed by atoms with Crippen molar-refractivity contribution >= 4 is 11.9 Å². The molecule has 0 atom stereocenters. The predicted molar refractivity (Wildman–Crippen MR) is 98.8 cm³/mol. The van der Waals surface area contributed by atoms with Gasteiger partial charge in [-0.25, -0.2) is 9.18 Å². The molecule has 0 aliphatic carbocycles. The van der Waals surface area contributed by atoms with E-state index in [1.807, 2.05) is 13.8 Å². The topological polar surface area (TPSA) is 76.1 Å². The predicted octanol–water partition coefficient (Wildman–Crippen LogP) is 3.88. The summed E-state index contributed by atoms with van der Waals surface area (Å²) in [6.07, 6.45) is 1.46. The number of ether oxygens (including phenoxy) is 2. The molecule has 0 spiro atoms. The lowest BCUT2D eigenvalue weighted by molar-refractivity contribution is 0.0645. The zero-order valence-electron chi connectivity index (χ0n) is 15.6. The first-order chi connectivity index (χ1) is 13.2. The van der Waals surface area contributed by atoms with Gasteiger partial charge in [-0.15, -0.1) is 0 Å². The Balaban J connectivity index is 1.65. The van der Waals surface area contributed by atoms with E-state index in [1.165, 1.54) is 24.3 Å². The standard InChI is InChI=1S/C21H20FNO5/c1-21(2)11-15-17(8-12(20(25)26)9-18(15)28-21)27-13-4-5-14(16(22)10-13)19(24)23-6-3-7-23/h4-5,8-10H,3,6-7,11H2,1-2H3,(H,25,26). The number of fused-ring (bicyclic) bond motifs is 1. The first kappa shape index (κ1) is 18.3. The van der Waals surface area contributed by atoms with Crippen LogP contribution in [0.1, 0.15) is 46.5 Å². The summed E-state index contributed by atoms with van der Waals surface area (Å²) < 4.78 is 26.1. The van der Waals surface area contributed by atoms with Crippen molar-refractivity contribution < 1.29 is 28.6 Å². The summed E-state index contributed by atoms with van der Waals surface area (Å²) in [7, 11) is 0. The third kappa shape index (κ3) is 3.28. The maximum atomic E-state index is 14.5. The van der Waals surface area contributed by atoms with Gasteiger partial charge in [0.2, 0.25) is 0 Å². The highest BCUT2D eigenvalue weighted by Crippen LogP contribution is 2.43. The number of carbonyl (C=O) groups excluding carboxylic acids is 1. The van der Waals surface area contributed by atoms with Crippen LogP contribution in [0, 0.1) is 5.82 Å². The molecule has 2 aliphatic heterocycles. The molecule has 0 unspecified atom stereocenters. The van der Waals surface area contributed by atoms with Crippen LogP contribution in [0.3, 0.4) is 0 Å². The Bertz CT molecular complexity index is 981. The Kier molecular flexibility index (Phi) is 4.25. The molecule has 7 heteroatoms. The SMILES string of the molecule is CC1(C)Cc2c(Oc3ccc(C(=O)N4CCC4)c(F)c3)cc(C(=O)O)cc2O1. The van der Waals surface area contributed by atoms with Crippen LogP contribution in [0.25, 0.3) is 0 Å². The smallest absolute Gasteiger partial charge is 0.335 e. The Morgan fingerprint density at radius 2 is 1.96 bits per heavy atom. The number of carboxylic acid groups (broad SMARTS) is 1. The van der Waals surface area contributed by atoms with Gasteiger partial charge in [0.25, 0.3) is 5.91 Å². The zero-order valence-corrected chi connectivity index (χ0v) is 15.6. The maximum absolute atomic E-state index is 14.5. The van der Waals surface area contributed by atoms with Crippen molar-refractivity contribution in [3.8, 4) is 17.2 Å². The molecule has 1 N–H and O–H groups in total. The highest BCUT2D eigenvalue weighted by molar-refractivity contribution is 5.95. The van der Waals surface area contributed by atoms with E-state index >= 15 is 0 Å². The van der Waals surface area contributed by atoms with E-state index in [4.69, 9.17) is 9.47 Å². The Morgan fingerprint density at radius 3 is 2.57 bits per heavy atom. The molecule has 4 rings (SSSR count). The third-order valence-corrected chi connectivity index (χ3v) is 4.95. The Hall–Kier alpha value is -3.09. The molecule has 2 aromatic rings. The van der Waals surface area contributed by atoms with Gasteiger partial charge in [-0.2, -0.15) is 0 Å². The molecule has 146 valence electrons. The molecule has 2 heterocycles. The maximum Gasteiger partial charge on any atom is 0.335 e. The van der Waals surface area contributed by atoms with E-state index in [2.05, 4.69) is 0 Å². The van der Waals surface area contributed by atoms with Gasteiger partial charge in [-0.05, 0) is 44.5 Å². The quantitative estimate of drug-likeness (QED) is 0.865. The van der Waals surface area contributed by atoms with Crippen LogP contribution in [-0.2, 0) is 6.42 Å². The molecule has 1 amide bonds. The summed E-state index contributed by atoms with van der Waals surface area (Å²) in [5.74, 6) is -1.17. The number of hydrogen-bond acceptors (Lipinski definition) is 4. The van der Waals surface area contributed by atoms with Crippen molar-refractivity contribution in [1.82, 2.24) is 4.90 Å². The number of aromatic carboxylic acids is 1. The normalized spacial score (nSPS) is 16.8. The summed E-state index contributed by atoms with van der Waals surface area (Å²) in [6, 6.07) is 6.93. The number of amides is 1.